The summed E-state index contributed by atoms with van der Waals surface area (Å²) >= 11 is 1.16. The van der Waals surface area contributed by atoms with E-state index in [1.807, 2.05) is 30.3 Å². The average Bonchev–Trinajstić information content (AvgIpc) is 3.68. The maximum absolute atomic E-state index is 14.2. The summed E-state index contributed by atoms with van der Waals surface area (Å²) in [5, 5.41) is 9.37. The molecule has 6 rings (SSSR count). The quantitative estimate of drug-likeness (QED) is 0.226. The predicted octanol–water partition coefficient (Wildman–Crippen LogP) is 4.91. The third kappa shape index (κ3) is 5.64. The highest BCUT2D eigenvalue weighted by Crippen LogP contribution is 2.38. The third-order valence-electron chi connectivity index (χ3n) is 7.39. The number of benzene rings is 3. The first-order valence-corrected chi connectivity index (χ1v) is 15.1. The molecule has 3 aromatic carbocycles. The van der Waals surface area contributed by atoms with Crippen molar-refractivity contribution in [1.29, 1.82) is 0 Å². The highest BCUT2D eigenvalue weighted by Gasteiger charge is 2.35. The summed E-state index contributed by atoms with van der Waals surface area (Å²) < 4.78 is 24.3. The monoisotopic (exact) mass is 636 g/mol. The lowest BCUT2D eigenvalue weighted by molar-refractivity contribution is -0.138. The lowest BCUT2D eigenvalue weighted by Crippen LogP contribution is -2.40. The van der Waals surface area contributed by atoms with Crippen LogP contribution >= 0.6 is 11.3 Å². The number of aromatic carboxylic acids is 1. The number of ether oxygens (including phenoxy) is 3. The number of hydrogen-bond donors (Lipinski definition) is 1. The van der Waals surface area contributed by atoms with Crippen molar-refractivity contribution in [3.63, 3.8) is 0 Å². The summed E-state index contributed by atoms with van der Waals surface area (Å²) in [5.41, 5.74) is 2.21. The number of aromatic nitrogens is 1. The molecule has 2 aromatic heterocycles. The van der Waals surface area contributed by atoms with E-state index in [-0.39, 0.29) is 23.3 Å². The molecule has 0 fully saturated rings. The number of furan rings is 1. The normalized spacial score (nSPS) is 14.4. The van der Waals surface area contributed by atoms with Gasteiger partial charge in [-0.05, 0) is 48.9 Å². The standard InChI is InChI=1S/C35H28N2O8S/c1-4-44-34(41)29-30(20-9-6-5-7-10-20)36-35-37(31(29)22-13-15-26(42-2)27(18-22)43-3)32(38)28(46-35)19-24-14-16-25(45-24)21-11-8-12-23(17-21)33(39)40/h5-19,31H,4H2,1-3H3,(H,39,40)/b28-19-/t31-/m0/s1. The molecule has 5 aromatic rings. The number of carboxylic acid groups (broad SMARTS) is 1. The Morgan fingerprint density at radius 3 is 2.43 bits per heavy atom. The van der Waals surface area contributed by atoms with Crippen LogP contribution in [0.5, 0.6) is 11.5 Å². The minimum atomic E-state index is -1.05. The zero-order chi connectivity index (χ0) is 32.4. The Bertz CT molecular complexity index is 2180. The van der Waals surface area contributed by atoms with Gasteiger partial charge in [0, 0.05) is 17.2 Å². The van der Waals surface area contributed by atoms with Gasteiger partial charge in [0.1, 0.15) is 11.5 Å². The molecule has 11 heteroatoms. The largest absolute Gasteiger partial charge is 0.493 e. The van der Waals surface area contributed by atoms with Gasteiger partial charge in [-0.1, -0.05) is 59.9 Å². The van der Waals surface area contributed by atoms with Gasteiger partial charge in [-0.2, -0.15) is 0 Å². The molecule has 0 bridgehead atoms. The summed E-state index contributed by atoms with van der Waals surface area (Å²) in [7, 11) is 3.04. The van der Waals surface area contributed by atoms with E-state index >= 15 is 0 Å². The van der Waals surface area contributed by atoms with Gasteiger partial charge in [-0.15, -0.1) is 0 Å². The lowest BCUT2D eigenvalue weighted by Gasteiger charge is -2.26. The summed E-state index contributed by atoms with van der Waals surface area (Å²) in [5.74, 6) is 0.108. The van der Waals surface area contributed by atoms with Crippen molar-refractivity contribution in [2.45, 2.75) is 13.0 Å². The molecular formula is C35H28N2O8S. The molecule has 1 aliphatic rings. The maximum atomic E-state index is 14.2. The molecule has 1 N–H and O–H groups in total. The topological polar surface area (TPSA) is 130 Å². The van der Waals surface area contributed by atoms with Crippen LogP contribution in [0, 0.1) is 0 Å². The molecule has 0 radical (unpaired) electrons. The van der Waals surface area contributed by atoms with E-state index in [0.717, 1.165) is 11.3 Å². The molecule has 232 valence electrons. The van der Waals surface area contributed by atoms with E-state index in [1.54, 1.807) is 55.5 Å². The van der Waals surface area contributed by atoms with Crippen LogP contribution in [-0.4, -0.2) is 42.4 Å². The highest BCUT2D eigenvalue weighted by atomic mass is 32.1. The minimum Gasteiger partial charge on any atom is -0.493 e. The molecule has 0 aliphatic carbocycles. The SMILES string of the molecule is CCOC(=O)C1=C(c2ccccc2)N=c2s/c(=C\c3ccc(-c4cccc(C(=O)O)c4)o3)c(=O)n2[C@H]1c1ccc(OC)c(OC)c1. The van der Waals surface area contributed by atoms with Gasteiger partial charge in [-0.25, -0.2) is 14.6 Å². The number of methoxy groups -OCH3 is 2. The van der Waals surface area contributed by atoms with Crippen LogP contribution < -0.4 is 24.4 Å². The second-order valence-electron chi connectivity index (χ2n) is 10.1. The van der Waals surface area contributed by atoms with Gasteiger partial charge in [0.25, 0.3) is 5.56 Å². The molecule has 1 aliphatic heterocycles. The van der Waals surface area contributed by atoms with Crippen molar-refractivity contribution in [1.82, 2.24) is 4.57 Å². The Balaban J connectivity index is 1.56. The zero-order valence-electron chi connectivity index (χ0n) is 25.1. The smallest absolute Gasteiger partial charge is 0.338 e. The Morgan fingerprint density at radius 1 is 0.957 bits per heavy atom. The molecule has 0 spiro atoms. The molecule has 0 amide bonds. The zero-order valence-corrected chi connectivity index (χ0v) is 25.9. The van der Waals surface area contributed by atoms with Gasteiger partial charge in [0.15, 0.2) is 16.3 Å². The number of carboxylic acids is 1. The molecule has 0 saturated carbocycles. The van der Waals surface area contributed by atoms with Gasteiger partial charge in [0.05, 0.1) is 48.2 Å². The Labute approximate surface area is 266 Å². The minimum absolute atomic E-state index is 0.129. The Morgan fingerprint density at radius 2 is 1.72 bits per heavy atom. The van der Waals surface area contributed by atoms with E-state index in [2.05, 4.69) is 0 Å². The number of esters is 1. The van der Waals surface area contributed by atoms with Crippen molar-refractivity contribution < 1.29 is 33.3 Å². The van der Waals surface area contributed by atoms with Crippen LogP contribution in [0.4, 0.5) is 0 Å². The van der Waals surface area contributed by atoms with E-state index < -0.39 is 18.0 Å². The molecule has 1 atom stereocenters. The van der Waals surface area contributed by atoms with E-state index in [9.17, 15) is 19.5 Å². The van der Waals surface area contributed by atoms with E-state index in [0.29, 0.717) is 54.7 Å². The van der Waals surface area contributed by atoms with Crippen molar-refractivity contribution >= 4 is 35.0 Å². The fourth-order valence-electron chi connectivity index (χ4n) is 5.30. The number of carbonyl (C=O) groups is 2. The first-order valence-electron chi connectivity index (χ1n) is 14.3. The number of thiazole rings is 1. The maximum Gasteiger partial charge on any atom is 0.338 e. The molecular weight excluding hydrogens is 608 g/mol. The van der Waals surface area contributed by atoms with Crippen molar-refractivity contribution in [3.05, 3.63) is 133 Å². The van der Waals surface area contributed by atoms with Crippen LogP contribution in [0.3, 0.4) is 0 Å². The van der Waals surface area contributed by atoms with Crippen molar-refractivity contribution in [3.8, 4) is 22.8 Å². The summed E-state index contributed by atoms with van der Waals surface area (Å²) in [4.78, 5) is 44.6. The van der Waals surface area contributed by atoms with Gasteiger partial charge >= 0.3 is 11.9 Å². The van der Waals surface area contributed by atoms with Crippen LogP contribution in [0.2, 0.25) is 0 Å². The fourth-order valence-corrected chi connectivity index (χ4v) is 6.28. The molecule has 46 heavy (non-hydrogen) atoms. The van der Waals surface area contributed by atoms with Crippen molar-refractivity contribution in [2.75, 3.05) is 20.8 Å². The van der Waals surface area contributed by atoms with Crippen LogP contribution in [-0.2, 0) is 9.53 Å². The molecule has 3 heterocycles. The van der Waals surface area contributed by atoms with Crippen molar-refractivity contribution in [2.24, 2.45) is 4.99 Å². The second kappa shape index (κ2) is 12.7. The first-order chi connectivity index (χ1) is 22.3. The van der Waals surface area contributed by atoms with Gasteiger partial charge in [0.2, 0.25) is 0 Å². The number of carbonyl (C=O) groups excluding carboxylic acids is 1. The summed E-state index contributed by atoms with van der Waals surface area (Å²) in [6.45, 7) is 1.85. The molecule has 0 unspecified atom stereocenters. The van der Waals surface area contributed by atoms with Crippen LogP contribution in [0.15, 0.2) is 105 Å². The highest BCUT2D eigenvalue weighted by molar-refractivity contribution is 7.07. The summed E-state index contributed by atoms with van der Waals surface area (Å²) in [6, 6.07) is 23.4. The molecule has 10 nitrogen and oxygen atoms in total. The number of rotatable bonds is 9. The van der Waals surface area contributed by atoms with Gasteiger partial charge in [-0.3, -0.25) is 9.36 Å². The first kappa shape index (κ1) is 30.4. The average molecular weight is 637 g/mol. The van der Waals surface area contributed by atoms with Crippen LogP contribution in [0.25, 0.3) is 23.1 Å². The second-order valence-corrected chi connectivity index (χ2v) is 11.1. The predicted molar refractivity (Wildman–Crippen MR) is 172 cm³/mol. The molecule has 0 saturated heterocycles. The van der Waals surface area contributed by atoms with E-state index in [1.165, 1.54) is 30.9 Å². The van der Waals surface area contributed by atoms with Gasteiger partial charge < -0.3 is 23.7 Å². The number of hydrogen-bond acceptors (Lipinski definition) is 9. The van der Waals surface area contributed by atoms with E-state index in [4.69, 9.17) is 23.6 Å². The summed E-state index contributed by atoms with van der Waals surface area (Å²) in [6.07, 6.45) is 1.61. The Hall–Kier alpha value is -5.68. The number of nitrogens with zero attached hydrogens (tertiary/aromatic N) is 2. The van der Waals surface area contributed by atoms with Crippen LogP contribution in [0.1, 0.15) is 40.2 Å². The Kier molecular flexibility index (Phi) is 8.41. The number of fused-ring (bicyclic) bond motifs is 1. The third-order valence-corrected chi connectivity index (χ3v) is 8.37. The lowest BCUT2D eigenvalue weighted by atomic mass is 9.93. The fraction of sp³-hybridized carbons (Fsp3) is 0.143.